The molecule has 0 fully saturated rings. The van der Waals surface area contributed by atoms with E-state index in [1.807, 2.05) is 18.2 Å². The quantitative estimate of drug-likeness (QED) is 0.756. The highest BCUT2D eigenvalue weighted by Gasteiger charge is 2.23. The SMILES string of the molecule is COc1ccc2c(c1)CN(C(=O)C(N)=O)CCS2. The number of thioether (sulfide) groups is 1. The Morgan fingerprint density at radius 3 is 2.89 bits per heavy atom. The Kier molecular flexibility index (Phi) is 3.76. The summed E-state index contributed by atoms with van der Waals surface area (Å²) in [5.74, 6) is -0.0569. The van der Waals surface area contributed by atoms with Crippen LogP contribution in [0, 0.1) is 0 Å². The van der Waals surface area contributed by atoms with Gasteiger partial charge in [0.1, 0.15) is 5.75 Å². The Morgan fingerprint density at radius 2 is 2.22 bits per heavy atom. The highest BCUT2D eigenvalue weighted by Crippen LogP contribution is 2.30. The number of fused-ring (bicyclic) bond motifs is 1. The van der Waals surface area contributed by atoms with Gasteiger partial charge in [0.25, 0.3) is 0 Å². The van der Waals surface area contributed by atoms with Crippen LogP contribution in [-0.2, 0) is 16.1 Å². The number of rotatable bonds is 1. The van der Waals surface area contributed by atoms with Crippen molar-refractivity contribution in [2.45, 2.75) is 11.4 Å². The fraction of sp³-hybridized carbons (Fsp3) is 0.333. The third kappa shape index (κ3) is 2.59. The third-order valence-corrected chi connectivity index (χ3v) is 3.84. The van der Waals surface area contributed by atoms with Crippen molar-refractivity contribution in [3.8, 4) is 5.75 Å². The van der Waals surface area contributed by atoms with Crippen LogP contribution < -0.4 is 10.5 Å². The zero-order chi connectivity index (χ0) is 13.1. The van der Waals surface area contributed by atoms with Crippen molar-refractivity contribution in [1.29, 1.82) is 0 Å². The Balaban J connectivity index is 2.27. The summed E-state index contributed by atoms with van der Waals surface area (Å²) in [6.45, 7) is 0.907. The number of methoxy groups -OCH3 is 1. The Hall–Kier alpha value is -1.69. The first-order valence-electron chi connectivity index (χ1n) is 5.50. The van der Waals surface area contributed by atoms with E-state index in [2.05, 4.69) is 0 Å². The van der Waals surface area contributed by atoms with Gasteiger partial charge in [0.15, 0.2) is 0 Å². The first-order chi connectivity index (χ1) is 8.61. The number of carbonyl (C=O) groups excluding carboxylic acids is 2. The topological polar surface area (TPSA) is 72.6 Å². The van der Waals surface area contributed by atoms with Gasteiger partial charge in [-0.05, 0) is 23.8 Å². The fourth-order valence-corrected chi connectivity index (χ4v) is 2.83. The van der Waals surface area contributed by atoms with Crippen LogP contribution in [0.4, 0.5) is 0 Å². The number of amides is 2. The van der Waals surface area contributed by atoms with Gasteiger partial charge in [-0.15, -0.1) is 11.8 Å². The van der Waals surface area contributed by atoms with Gasteiger partial charge in [-0.2, -0.15) is 0 Å². The normalized spacial score (nSPS) is 14.6. The van der Waals surface area contributed by atoms with E-state index in [0.29, 0.717) is 13.1 Å². The minimum Gasteiger partial charge on any atom is -0.497 e. The predicted octanol–water partition coefficient (Wildman–Crippen LogP) is 0.615. The van der Waals surface area contributed by atoms with E-state index in [1.54, 1.807) is 18.9 Å². The maximum absolute atomic E-state index is 11.6. The summed E-state index contributed by atoms with van der Waals surface area (Å²) in [5, 5.41) is 0. The van der Waals surface area contributed by atoms with Gasteiger partial charge >= 0.3 is 11.8 Å². The highest BCUT2D eigenvalue weighted by atomic mass is 32.2. The number of benzene rings is 1. The van der Waals surface area contributed by atoms with Crippen LogP contribution in [0.3, 0.4) is 0 Å². The largest absolute Gasteiger partial charge is 0.497 e. The van der Waals surface area contributed by atoms with Gasteiger partial charge < -0.3 is 15.4 Å². The molecule has 2 rings (SSSR count). The molecular formula is C12H14N2O3S. The summed E-state index contributed by atoms with van der Waals surface area (Å²) in [5.41, 5.74) is 6.01. The third-order valence-electron chi connectivity index (χ3n) is 2.75. The molecule has 1 aliphatic heterocycles. The molecule has 0 unspecified atom stereocenters. The summed E-state index contributed by atoms with van der Waals surface area (Å²) in [6.07, 6.45) is 0. The molecule has 0 spiro atoms. The molecule has 1 aromatic carbocycles. The zero-order valence-corrected chi connectivity index (χ0v) is 10.8. The number of carbonyl (C=O) groups is 2. The molecule has 2 amide bonds. The first-order valence-corrected chi connectivity index (χ1v) is 6.49. The van der Waals surface area contributed by atoms with E-state index in [-0.39, 0.29) is 0 Å². The molecule has 1 heterocycles. The number of ether oxygens (including phenoxy) is 1. The number of nitrogens with zero attached hydrogens (tertiary/aromatic N) is 1. The van der Waals surface area contributed by atoms with Crippen molar-refractivity contribution in [2.75, 3.05) is 19.4 Å². The average Bonchev–Trinajstić information content (AvgIpc) is 2.58. The van der Waals surface area contributed by atoms with Crippen LogP contribution in [0.1, 0.15) is 5.56 Å². The number of nitrogens with two attached hydrogens (primary N) is 1. The van der Waals surface area contributed by atoms with E-state index >= 15 is 0 Å². The Labute approximate surface area is 109 Å². The monoisotopic (exact) mass is 266 g/mol. The smallest absolute Gasteiger partial charge is 0.311 e. The number of primary amides is 1. The van der Waals surface area contributed by atoms with Crippen molar-refractivity contribution >= 4 is 23.6 Å². The number of hydrogen-bond acceptors (Lipinski definition) is 4. The van der Waals surface area contributed by atoms with Gasteiger partial charge in [-0.25, -0.2) is 0 Å². The second-order valence-corrected chi connectivity index (χ2v) is 5.05. The molecule has 0 saturated carbocycles. The van der Waals surface area contributed by atoms with Crippen LogP contribution in [0.2, 0.25) is 0 Å². The molecule has 6 heteroatoms. The van der Waals surface area contributed by atoms with E-state index < -0.39 is 11.8 Å². The van der Waals surface area contributed by atoms with Crippen LogP contribution in [0.25, 0.3) is 0 Å². The molecule has 18 heavy (non-hydrogen) atoms. The highest BCUT2D eigenvalue weighted by molar-refractivity contribution is 7.99. The standard InChI is InChI=1S/C12H14N2O3S/c1-17-9-2-3-10-8(6-9)7-14(4-5-18-10)12(16)11(13)15/h2-3,6H,4-5,7H2,1H3,(H2,13,15). The minimum absolute atomic E-state index is 0.390. The minimum atomic E-state index is -0.911. The maximum Gasteiger partial charge on any atom is 0.311 e. The maximum atomic E-state index is 11.6. The van der Waals surface area contributed by atoms with E-state index in [0.717, 1.165) is 22.0 Å². The lowest BCUT2D eigenvalue weighted by molar-refractivity contribution is -0.144. The second-order valence-electron chi connectivity index (χ2n) is 3.91. The molecule has 0 radical (unpaired) electrons. The molecule has 5 nitrogen and oxygen atoms in total. The molecule has 96 valence electrons. The second kappa shape index (κ2) is 5.30. The van der Waals surface area contributed by atoms with Crippen molar-refractivity contribution in [2.24, 2.45) is 5.73 Å². The van der Waals surface area contributed by atoms with E-state index in [4.69, 9.17) is 10.5 Å². The molecule has 0 bridgehead atoms. The lowest BCUT2D eigenvalue weighted by Gasteiger charge is -2.18. The summed E-state index contributed by atoms with van der Waals surface area (Å²) < 4.78 is 5.16. The average molecular weight is 266 g/mol. The van der Waals surface area contributed by atoms with Crippen molar-refractivity contribution in [1.82, 2.24) is 4.90 Å². The van der Waals surface area contributed by atoms with Crippen molar-refractivity contribution < 1.29 is 14.3 Å². The molecule has 1 aromatic rings. The number of hydrogen-bond donors (Lipinski definition) is 1. The van der Waals surface area contributed by atoms with Crippen LogP contribution in [-0.4, -0.2) is 36.1 Å². The Morgan fingerprint density at radius 1 is 1.44 bits per heavy atom. The lowest BCUT2D eigenvalue weighted by Crippen LogP contribution is -2.40. The summed E-state index contributed by atoms with van der Waals surface area (Å²) in [6, 6.07) is 5.74. The summed E-state index contributed by atoms with van der Waals surface area (Å²) in [7, 11) is 1.60. The van der Waals surface area contributed by atoms with Gasteiger partial charge in [0.05, 0.1) is 7.11 Å². The summed E-state index contributed by atoms with van der Waals surface area (Å²) in [4.78, 5) is 25.2. The zero-order valence-electron chi connectivity index (χ0n) is 10.0. The van der Waals surface area contributed by atoms with Crippen LogP contribution in [0.5, 0.6) is 5.75 Å². The molecule has 0 saturated heterocycles. The predicted molar refractivity (Wildman–Crippen MR) is 68.3 cm³/mol. The molecule has 0 atom stereocenters. The molecule has 0 aliphatic carbocycles. The molecule has 0 aromatic heterocycles. The molecule has 1 aliphatic rings. The van der Waals surface area contributed by atoms with Gasteiger partial charge in [-0.1, -0.05) is 0 Å². The van der Waals surface area contributed by atoms with Gasteiger partial charge in [-0.3, -0.25) is 9.59 Å². The molecular weight excluding hydrogens is 252 g/mol. The van der Waals surface area contributed by atoms with Crippen molar-refractivity contribution in [3.63, 3.8) is 0 Å². The Bertz CT molecular complexity index is 490. The summed E-state index contributed by atoms with van der Waals surface area (Å²) >= 11 is 1.66. The van der Waals surface area contributed by atoms with E-state index in [9.17, 15) is 9.59 Å². The first kappa shape index (κ1) is 12.8. The molecule has 2 N–H and O–H groups in total. The van der Waals surface area contributed by atoms with Gasteiger partial charge in [0, 0.05) is 23.7 Å². The van der Waals surface area contributed by atoms with Gasteiger partial charge in [0.2, 0.25) is 0 Å². The lowest BCUT2D eigenvalue weighted by atomic mass is 10.2. The van der Waals surface area contributed by atoms with Crippen molar-refractivity contribution in [3.05, 3.63) is 23.8 Å². The van der Waals surface area contributed by atoms with Crippen LogP contribution in [0.15, 0.2) is 23.1 Å². The van der Waals surface area contributed by atoms with E-state index in [1.165, 1.54) is 4.90 Å². The van der Waals surface area contributed by atoms with Crippen LogP contribution >= 0.6 is 11.8 Å². The fourth-order valence-electron chi connectivity index (χ4n) is 1.83.